The average Bonchev–Trinajstić information content (AvgIpc) is 2.61. The third-order valence-electron chi connectivity index (χ3n) is 3.27. The zero-order valence-electron chi connectivity index (χ0n) is 13.7. The lowest BCUT2D eigenvalue weighted by Crippen LogP contribution is -2.39. The minimum atomic E-state index is -0.300. The van der Waals surface area contributed by atoms with Crippen LogP contribution in [0, 0.1) is 0 Å². The predicted octanol–water partition coefficient (Wildman–Crippen LogP) is 2.90. The van der Waals surface area contributed by atoms with Crippen LogP contribution in [-0.2, 0) is 6.54 Å². The fourth-order valence-electron chi connectivity index (χ4n) is 2.08. The molecule has 0 saturated heterocycles. The number of rotatable bonds is 6. The molecule has 0 heterocycles. The molecule has 0 saturated carbocycles. The van der Waals surface area contributed by atoms with E-state index in [4.69, 9.17) is 21.7 Å². The number of thiocarbonyl (C=S) groups is 1. The van der Waals surface area contributed by atoms with Crippen molar-refractivity contribution in [1.82, 2.24) is 10.6 Å². The van der Waals surface area contributed by atoms with Crippen LogP contribution in [0.2, 0.25) is 0 Å². The number of nitrogens with one attached hydrogen (secondary N) is 2. The third kappa shape index (κ3) is 4.96. The van der Waals surface area contributed by atoms with Crippen molar-refractivity contribution in [3.8, 4) is 11.5 Å². The lowest BCUT2D eigenvalue weighted by Gasteiger charge is -2.12. The normalized spacial score (nSPS) is 9.92. The van der Waals surface area contributed by atoms with E-state index in [-0.39, 0.29) is 11.0 Å². The van der Waals surface area contributed by atoms with E-state index in [1.54, 1.807) is 25.3 Å². The first-order valence-corrected chi connectivity index (χ1v) is 7.98. The number of hydrogen-bond donors (Lipinski definition) is 2. The summed E-state index contributed by atoms with van der Waals surface area (Å²) in [5, 5.41) is 5.94. The summed E-state index contributed by atoms with van der Waals surface area (Å²) in [6.07, 6.45) is 0. The van der Waals surface area contributed by atoms with Crippen LogP contribution in [0.15, 0.2) is 48.5 Å². The first-order valence-electron chi connectivity index (χ1n) is 7.58. The van der Waals surface area contributed by atoms with Gasteiger partial charge in [-0.2, -0.15) is 0 Å². The highest BCUT2D eigenvalue weighted by Gasteiger charge is 2.13. The third-order valence-corrected chi connectivity index (χ3v) is 3.52. The van der Waals surface area contributed by atoms with Crippen LogP contribution in [0.5, 0.6) is 11.5 Å². The van der Waals surface area contributed by atoms with Gasteiger partial charge in [0.1, 0.15) is 11.5 Å². The highest BCUT2D eigenvalue weighted by molar-refractivity contribution is 7.80. The molecule has 24 heavy (non-hydrogen) atoms. The van der Waals surface area contributed by atoms with Crippen LogP contribution in [0.4, 0.5) is 0 Å². The topological polar surface area (TPSA) is 59.6 Å². The van der Waals surface area contributed by atoms with Gasteiger partial charge in [0, 0.05) is 6.54 Å². The maximum atomic E-state index is 12.3. The molecule has 0 aliphatic rings. The highest BCUT2D eigenvalue weighted by Crippen LogP contribution is 2.17. The summed E-state index contributed by atoms with van der Waals surface area (Å²) in [4.78, 5) is 12.3. The van der Waals surface area contributed by atoms with Gasteiger partial charge in [0.15, 0.2) is 5.11 Å². The number of methoxy groups -OCH3 is 1. The highest BCUT2D eigenvalue weighted by atomic mass is 32.1. The molecule has 0 aromatic heterocycles. The molecule has 0 aliphatic heterocycles. The van der Waals surface area contributed by atoms with Crippen LogP contribution in [-0.4, -0.2) is 24.7 Å². The predicted molar refractivity (Wildman–Crippen MR) is 97.5 cm³/mol. The smallest absolute Gasteiger partial charge is 0.261 e. The van der Waals surface area contributed by atoms with Gasteiger partial charge in [-0.05, 0) is 49.0 Å². The molecule has 6 heteroatoms. The van der Waals surface area contributed by atoms with Crippen molar-refractivity contribution in [2.75, 3.05) is 13.7 Å². The maximum absolute atomic E-state index is 12.3. The second kappa shape index (κ2) is 8.88. The monoisotopic (exact) mass is 344 g/mol. The van der Waals surface area contributed by atoms with Gasteiger partial charge < -0.3 is 14.8 Å². The molecule has 0 spiro atoms. The lowest BCUT2D eigenvalue weighted by atomic mass is 10.2. The summed E-state index contributed by atoms with van der Waals surface area (Å²) in [7, 11) is 1.62. The second-order valence-corrected chi connectivity index (χ2v) is 5.32. The number of carbonyl (C=O) groups excluding carboxylic acids is 1. The molecule has 2 N–H and O–H groups in total. The number of hydrogen-bond acceptors (Lipinski definition) is 4. The van der Waals surface area contributed by atoms with Crippen molar-refractivity contribution in [1.29, 1.82) is 0 Å². The summed E-state index contributed by atoms with van der Waals surface area (Å²) in [5.74, 6) is 1.03. The molecule has 0 unspecified atom stereocenters. The molecule has 0 radical (unpaired) electrons. The Kier molecular flexibility index (Phi) is 6.57. The Hall–Kier alpha value is -2.60. The van der Waals surface area contributed by atoms with Crippen LogP contribution < -0.4 is 20.1 Å². The number of carbonyl (C=O) groups is 1. The van der Waals surface area contributed by atoms with Crippen LogP contribution in [0.1, 0.15) is 22.8 Å². The van der Waals surface area contributed by atoms with Gasteiger partial charge >= 0.3 is 0 Å². The Morgan fingerprint density at radius 3 is 2.50 bits per heavy atom. The number of amides is 1. The Morgan fingerprint density at radius 2 is 1.83 bits per heavy atom. The first kappa shape index (κ1) is 17.7. The molecule has 2 rings (SSSR count). The van der Waals surface area contributed by atoms with Crippen LogP contribution >= 0.6 is 12.2 Å². The minimum Gasteiger partial charge on any atom is -0.497 e. The average molecular weight is 344 g/mol. The summed E-state index contributed by atoms with van der Waals surface area (Å²) >= 11 is 5.18. The molecule has 0 atom stereocenters. The van der Waals surface area contributed by atoms with Gasteiger partial charge in [0.2, 0.25) is 0 Å². The van der Waals surface area contributed by atoms with Gasteiger partial charge in [0.05, 0.1) is 19.3 Å². The zero-order chi connectivity index (χ0) is 17.4. The van der Waals surface area contributed by atoms with Crippen molar-refractivity contribution in [2.24, 2.45) is 0 Å². The fraction of sp³-hybridized carbons (Fsp3) is 0.222. The molecule has 2 aromatic carbocycles. The van der Waals surface area contributed by atoms with Gasteiger partial charge in [-0.15, -0.1) is 0 Å². The molecule has 0 fully saturated rings. The lowest BCUT2D eigenvalue weighted by molar-refractivity contribution is 0.0973. The van der Waals surface area contributed by atoms with Crippen molar-refractivity contribution < 1.29 is 14.3 Å². The van der Waals surface area contributed by atoms with E-state index in [9.17, 15) is 4.79 Å². The molecule has 0 aliphatic carbocycles. The van der Waals surface area contributed by atoms with Crippen molar-refractivity contribution >= 4 is 23.2 Å². The molecule has 2 aromatic rings. The first-order chi connectivity index (χ1) is 11.6. The maximum Gasteiger partial charge on any atom is 0.261 e. The summed E-state index contributed by atoms with van der Waals surface area (Å²) in [5.41, 5.74) is 1.48. The standard InChI is InChI=1S/C18H20N2O3S/c1-3-23-16-7-5-4-6-15(16)17(21)20-18(24)19-12-13-8-10-14(22-2)11-9-13/h4-11H,3,12H2,1-2H3,(H2,19,20,21,24). The number of para-hydroxylation sites is 1. The summed E-state index contributed by atoms with van der Waals surface area (Å²) in [6.45, 7) is 2.87. The Bertz CT molecular complexity index is 702. The van der Waals surface area contributed by atoms with Crippen molar-refractivity contribution in [3.63, 3.8) is 0 Å². The fourth-order valence-corrected chi connectivity index (χ4v) is 2.24. The zero-order valence-corrected chi connectivity index (χ0v) is 14.5. The van der Waals surface area contributed by atoms with Crippen molar-refractivity contribution in [2.45, 2.75) is 13.5 Å². The molecule has 0 bridgehead atoms. The van der Waals surface area contributed by atoms with E-state index in [1.165, 1.54) is 0 Å². The van der Waals surface area contributed by atoms with Gasteiger partial charge in [-0.25, -0.2) is 0 Å². The van der Waals surface area contributed by atoms with Crippen molar-refractivity contribution in [3.05, 3.63) is 59.7 Å². The van der Waals surface area contributed by atoms with E-state index in [0.29, 0.717) is 24.5 Å². The van der Waals surface area contributed by atoms with E-state index < -0.39 is 0 Å². The quantitative estimate of drug-likeness (QED) is 0.789. The van der Waals surface area contributed by atoms with Crippen LogP contribution in [0.25, 0.3) is 0 Å². The van der Waals surface area contributed by atoms with Gasteiger partial charge in [-0.1, -0.05) is 24.3 Å². The number of ether oxygens (including phenoxy) is 2. The van der Waals surface area contributed by atoms with Gasteiger partial charge in [-0.3, -0.25) is 10.1 Å². The molecular weight excluding hydrogens is 324 g/mol. The molecule has 5 nitrogen and oxygen atoms in total. The minimum absolute atomic E-state index is 0.266. The van der Waals surface area contributed by atoms with Crippen LogP contribution in [0.3, 0.4) is 0 Å². The van der Waals surface area contributed by atoms with E-state index in [0.717, 1.165) is 11.3 Å². The molecule has 1 amide bonds. The Balaban J connectivity index is 1.90. The van der Waals surface area contributed by atoms with E-state index >= 15 is 0 Å². The number of benzene rings is 2. The molecule has 126 valence electrons. The van der Waals surface area contributed by atoms with E-state index in [2.05, 4.69) is 10.6 Å². The Morgan fingerprint density at radius 1 is 1.12 bits per heavy atom. The SMILES string of the molecule is CCOc1ccccc1C(=O)NC(=S)NCc1ccc(OC)cc1. The van der Waals surface area contributed by atoms with E-state index in [1.807, 2.05) is 37.3 Å². The Labute approximate surface area is 147 Å². The second-order valence-electron chi connectivity index (χ2n) is 4.91. The van der Waals surface area contributed by atoms with Gasteiger partial charge in [0.25, 0.3) is 5.91 Å². The largest absolute Gasteiger partial charge is 0.497 e. The summed E-state index contributed by atoms with van der Waals surface area (Å²) in [6, 6.07) is 14.7. The molecular formula is C18H20N2O3S. The summed E-state index contributed by atoms with van der Waals surface area (Å²) < 4.78 is 10.6.